The molecule has 1 atom stereocenters. The third kappa shape index (κ3) is 2.78. The first-order chi connectivity index (χ1) is 7.65. The number of hydrogen-bond acceptors (Lipinski definition) is 4. The highest BCUT2D eigenvalue weighted by atomic mass is 15.6. The molecule has 1 saturated carbocycles. The van der Waals surface area contributed by atoms with Crippen molar-refractivity contribution in [3.63, 3.8) is 0 Å². The number of rotatable bonds is 3. The Morgan fingerprint density at radius 2 is 2.06 bits per heavy atom. The van der Waals surface area contributed by atoms with Gasteiger partial charge in [0.15, 0.2) is 5.82 Å². The summed E-state index contributed by atoms with van der Waals surface area (Å²) in [5, 5.41) is 12.0. The van der Waals surface area contributed by atoms with Crippen molar-refractivity contribution in [1.29, 1.82) is 0 Å². The molecule has 1 aliphatic carbocycles. The van der Waals surface area contributed by atoms with E-state index in [2.05, 4.69) is 22.3 Å². The fourth-order valence-corrected chi connectivity index (χ4v) is 2.50. The van der Waals surface area contributed by atoms with Crippen molar-refractivity contribution in [1.82, 2.24) is 20.2 Å². The molecule has 1 fully saturated rings. The Hall–Kier alpha value is -0.970. The van der Waals surface area contributed by atoms with Gasteiger partial charge in [-0.25, -0.2) is 0 Å². The molecule has 5 nitrogen and oxygen atoms in total. The summed E-state index contributed by atoms with van der Waals surface area (Å²) in [5.74, 6) is 2.28. The average Bonchev–Trinajstić information content (AvgIpc) is 2.65. The topological polar surface area (TPSA) is 69.6 Å². The molecular weight excluding hydrogens is 202 g/mol. The number of aryl methyl sites for hydroxylation is 1. The second-order valence-corrected chi connectivity index (χ2v) is 5.08. The van der Waals surface area contributed by atoms with Gasteiger partial charge in [-0.15, -0.1) is 10.2 Å². The lowest BCUT2D eigenvalue weighted by atomic mass is 9.78. The summed E-state index contributed by atoms with van der Waals surface area (Å²) in [4.78, 5) is 1.49. The molecule has 0 bridgehead atoms. The van der Waals surface area contributed by atoms with Crippen LogP contribution in [0.4, 0.5) is 0 Å². The van der Waals surface area contributed by atoms with Crippen molar-refractivity contribution >= 4 is 0 Å². The molecule has 0 saturated heterocycles. The molecule has 1 heterocycles. The molecule has 0 amide bonds. The second-order valence-electron chi connectivity index (χ2n) is 5.08. The summed E-state index contributed by atoms with van der Waals surface area (Å²) in [6.45, 7) is 2.33. The van der Waals surface area contributed by atoms with Crippen LogP contribution >= 0.6 is 0 Å². The zero-order chi connectivity index (χ0) is 11.5. The summed E-state index contributed by atoms with van der Waals surface area (Å²) < 4.78 is 0. The monoisotopic (exact) mass is 223 g/mol. The summed E-state index contributed by atoms with van der Waals surface area (Å²) in [7, 11) is 1.78. The molecule has 1 aromatic rings. The smallest absolute Gasteiger partial charge is 0.176 e. The van der Waals surface area contributed by atoms with Crippen LogP contribution in [0.2, 0.25) is 0 Å². The van der Waals surface area contributed by atoms with Crippen LogP contribution in [0.25, 0.3) is 0 Å². The highest BCUT2D eigenvalue weighted by Crippen LogP contribution is 2.30. The number of aromatic nitrogens is 4. The van der Waals surface area contributed by atoms with Crippen LogP contribution in [0.5, 0.6) is 0 Å². The van der Waals surface area contributed by atoms with E-state index in [0.29, 0.717) is 5.92 Å². The van der Waals surface area contributed by atoms with Crippen LogP contribution in [-0.4, -0.2) is 26.2 Å². The van der Waals surface area contributed by atoms with Crippen molar-refractivity contribution in [3.05, 3.63) is 5.82 Å². The first kappa shape index (κ1) is 11.5. The molecular formula is C11H21N5. The van der Waals surface area contributed by atoms with E-state index in [1.54, 1.807) is 7.05 Å². The van der Waals surface area contributed by atoms with Gasteiger partial charge in [-0.3, -0.25) is 0 Å². The van der Waals surface area contributed by atoms with Crippen molar-refractivity contribution in [2.75, 3.05) is 0 Å². The van der Waals surface area contributed by atoms with Crippen molar-refractivity contribution in [2.45, 2.75) is 45.1 Å². The van der Waals surface area contributed by atoms with Gasteiger partial charge < -0.3 is 5.73 Å². The Balaban J connectivity index is 1.85. The van der Waals surface area contributed by atoms with Crippen LogP contribution < -0.4 is 5.73 Å². The van der Waals surface area contributed by atoms with E-state index in [9.17, 15) is 0 Å². The van der Waals surface area contributed by atoms with E-state index in [4.69, 9.17) is 5.73 Å². The van der Waals surface area contributed by atoms with Crippen LogP contribution in [0.3, 0.4) is 0 Å². The summed E-state index contributed by atoms with van der Waals surface area (Å²) in [6, 6.07) is 0.191. The van der Waals surface area contributed by atoms with Gasteiger partial charge in [0, 0.05) is 12.5 Å². The Bertz CT molecular complexity index is 327. The van der Waals surface area contributed by atoms with Crippen LogP contribution in [-0.2, 0) is 13.5 Å². The lowest BCUT2D eigenvalue weighted by Crippen LogP contribution is -2.35. The molecule has 90 valence electrons. The number of nitrogens with zero attached hydrogens (tertiary/aromatic N) is 4. The predicted molar refractivity (Wildman–Crippen MR) is 61.6 cm³/mol. The van der Waals surface area contributed by atoms with Crippen molar-refractivity contribution in [3.8, 4) is 0 Å². The van der Waals surface area contributed by atoms with Gasteiger partial charge in [0.05, 0.1) is 7.05 Å². The molecule has 1 unspecified atom stereocenters. The van der Waals surface area contributed by atoms with Gasteiger partial charge in [0.2, 0.25) is 0 Å². The average molecular weight is 223 g/mol. The van der Waals surface area contributed by atoms with E-state index < -0.39 is 0 Å². The number of tetrazole rings is 1. The molecule has 2 rings (SSSR count). The maximum atomic E-state index is 6.22. The minimum Gasteiger partial charge on any atom is -0.327 e. The lowest BCUT2D eigenvalue weighted by Gasteiger charge is -2.30. The third-order valence-corrected chi connectivity index (χ3v) is 3.63. The lowest BCUT2D eigenvalue weighted by molar-refractivity contribution is 0.252. The maximum Gasteiger partial charge on any atom is 0.176 e. The predicted octanol–water partition coefficient (Wildman–Crippen LogP) is 0.906. The minimum absolute atomic E-state index is 0.191. The Kier molecular flexibility index (Phi) is 3.53. The highest BCUT2D eigenvalue weighted by Gasteiger charge is 2.24. The second kappa shape index (κ2) is 4.91. The first-order valence-corrected chi connectivity index (χ1v) is 6.13. The zero-order valence-electron chi connectivity index (χ0n) is 10.1. The molecule has 2 N–H and O–H groups in total. The zero-order valence-corrected chi connectivity index (χ0v) is 10.1. The molecule has 16 heavy (non-hydrogen) atoms. The van der Waals surface area contributed by atoms with Crippen LogP contribution in [0.15, 0.2) is 0 Å². The first-order valence-electron chi connectivity index (χ1n) is 6.13. The van der Waals surface area contributed by atoms with Gasteiger partial charge in [-0.2, -0.15) is 4.80 Å². The fourth-order valence-electron chi connectivity index (χ4n) is 2.50. The van der Waals surface area contributed by atoms with Gasteiger partial charge in [0.1, 0.15) is 0 Å². The Morgan fingerprint density at radius 3 is 2.62 bits per heavy atom. The molecule has 0 radical (unpaired) electrons. The van der Waals surface area contributed by atoms with E-state index in [1.165, 1.54) is 30.5 Å². The summed E-state index contributed by atoms with van der Waals surface area (Å²) in [5.41, 5.74) is 6.22. The van der Waals surface area contributed by atoms with E-state index in [1.807, 2.05) is 0 Å². The molecule has 1 aliphatic rings. The van der Waals surface area contributed by atoms with Gasteiger partial charge in [0.25, 0.3) is 0 Å². The van der Waals surface area contributed by atoms with Crippen LogP contribution in [0, 0.1) is 11.8 Å². The van der Waals surface area contributed by atoms with E-state index >= 15 is 0 Å². The molecule has 1 aromatic heterocycles. The number of nitrogens with two attached hydrogens (primary N) is 1. The minimum atomic E-state index is 0.191. The van der Waals surface area contributed by atoms with Gasteiger partial charge in [-0.1, -0.05) is 19.8 Å². The quantitative estimate of drug-likeness (QED) is 0.826. The third-order valence-electron chi connectivity index (χ3n) is 3.63. The van der Waals surface area contributed by atoms with Crippen molar-refractivity contribution in [2.24, 2.45) is 24.6 Å². The van der Waals surface area contributed by atoms with Crippen LogP contribution in [0.1, 0.15) is 38.4 Å². The SMILES string of the molecule is CC1CCC(C(N)Cc2nnn(C)n2)CC1. The molecule has 5 heteroatoms. The number of hydrogen-bond donors (Lipinski definition) is 1. The molecule has 0 aromatic carbocycles. The van der Waals surface area contributed by atoms with Crippen molar-refractivity contribution < 1.29 is 0 Å². The molecule has 0 spiro atoms. The fraction of sp³-hybridized carbons (Fsp3) is 0.909. The normalized spacial score (nSPS) is 27.9. The van der Waals surface area contributed by atoms with Gasteiger partial charge in [-0.05, 0) is 29.9 Å². The summed E-state index contributed by atoms with van der Waals surface area (Å²) in [6.07, 6.45) is 5.89. The Morgan fingerprint density at radius 1 is 1.38 bits per heavy atom. The Labute approximate surface area is 96.4 Å². The summed E-state index contributed by atoms with van der Waals surface area (Å²) >= 11 is 0. The maximum absolute atomic E-state index is 6.22. The largest absolute Gasteiger partial charge is 0.327 e. The van der Waals surface area contributed by atoms with E-state index in [0.717, 1.165) is 18.2 Å². The van der Waals surface area contributed by atoms with E-state index in [-0.39, 0.29) is 6.04 Å². The highest BCUT2D eigenvalue weighted by molar-refractivity contribution is 4.88. The standard InChI is InChI=1S/C11H21N5/c1-8-3-5-9(6-4-8)10(12)7-11-13-15-16(2)14-11/h8-10H,3-7,12H2,1-2H3. The van der Waals surface area contributed by atoms with Gasteiger partial charge >= 0.3 is 0 Å². The molecule has 0 aliphatic heterocycles.